The van der Waals surface area contributed by atoms with E-state index in [2.05, 4.69) is 29.2 Å². The lowest BCUT2D eigenvalue weighted by molar-refractivity contribution is 0.162. The van der Waals surface area contributed by atoms with E-state index in [4.69, 9.17) is 16.3 Å². The molecule has 0 aliphatic carbocycles. The molecule has 122 valence electrons. The molecule has 23 heavy (non-hydrogen) atoms. The van der Waals surface area contributed by atoms with Crippen LogP contribution in [-0.2, 0) is 25.8 Å². The summed E-state index contributed by atoms with van der Waals surface area (Å²) in [6.07, 6.45) is 4.48. The molecule has 2 nitrogen and oxygen atoms in total. The zero-order chi connectivity index (χ0) is 15.8. The van der Waals surface area contributed by atoms with E-state index in [0.717, 1.165) is 50.4 Å². The summed E-state index contributed by atoms with van der Waals surface area (Å²) in [6.45, 7) is 2.25. The van der Waals surface area contributed by atoms with E-state index in [0.29, 0.717) is 6.04 Å². The number of nitrogens with zero attached hydrogens (tertiary/aromatic N) is 1. The molecule has 4 rings (SSSR count). The fourth-order valence-electron chi connectivity index (χ4n) is 3.89. The average molecular weight is 348 g/mol. The van der Waals surface area contributed by atoms with Gasteiger partial charge in [-0.15, -0.1) is 22.9 Å². The van der Waals surface area contributed by atoms with Crippen molar-refractivity contribution in [2.75, 3.05) is 19.5 Å². The summed E-state index contributed by atoms with van der Waals surface area (Å²) < 4.78 is 5.39. The molecule has 3 heterocycles. The minimum Gasteiger partial charge on any atom is -0.497 e. The second-order valence-corrected chi connectivity index (χ2v) is 8.06. The van der Waals surface area contributed by atoms with Gasteiger partial charge in [-0.05, 0) is 54.2 Å². The third kappa shape index (κ3) is 2.90. The first-order valence-corrected chi connectivity index (χ1v) is 9.71. The first-order valence-electron chi connectivity index (χ1n) is 8.36. The summed E-state index contributed by atoms with van der Waals surface area (Å²) in [7, 11) is 1.75. The van der Waals surface area contributed by atoms with Crippen LogP contribution in [0.4, 0.5) is 0 Å². The van der Waals surface area contributed by atoms with E-state index >= 15 is 0 Å². The van der Waals surface area contributed by atoms with E-state index in [1.54, 1.807) is 17.6 Å². The van der Waals surface area contributed by atoms with Gasteiger partial charge in [0.15, 0.2) is 0 Å². The smallest absolute Gasteiger partial charge is 0.119 e. The molecule has 1 unspecified atom stereocenters. The van der Waals surface area contributed by atoms with Crippen LogP contribution in [0.2, 0.25) is 0 Å². The third-order valence-electron chi connectivity index (χ3n) is 5.07. The topological polar surface area (TPSA) is 12.5 Å². The number of methoxy groups -OCH3 is 1. The Morgan fingerprint density at radius 2 is 2.22 bits per heavy atom. The SMILES string of the molecule is COc1ccc2c(c1)CCN1Cc3cc(CCCCl)sc3CC21. The highest BCUT2D eigenvalue weighted by molar-refractivity contribution is 7.12. The highest BCUT2D eigenvalue weighted by Crippen LogP contribution is 2.41. The summed E-state index contributed by atoms with van der Waals surface area (Å²) in [5, 5.41) is 0. The maximum absolute atomic E-state index is 5.84. The molecular formula is C19H22ClNOS. The standard InChI is InChI=1S/C19H22ClNOS/c1-22-15-4-5-17-13(9-15)6-8-21-12-14-10-16(3-2-7-20)23-19(14)11-18(17)21/h4-5,9-10,18H,2-3,6-8,11-12H2,1H3. The lowest BCUT2D eigenvalue weighted by atomic mass is 9.87. The van der Waals surface area contributed by atoms with Crippen LogP contribution in [0.15, 0.2) is 24.3 Å². The van der Waals surface area contributed by atoms with Crippen molar-refractivity contribution in [3.63, 3.8) is 0 Å². The van der Waals surface area contributed by atoms with Crippen molar-refractivity contribution in [2.24, 2.45) is 0 Å². The summed E-state index contributed by atoms with van der Waals surface area (Å²) in [5.41, 5.74) is 4.51. The number of ether oxygens (including phenoxy) is 1. The maximum Gasteiger partial charge on any atom is 0.119 e. The molecule has 0 N–H and O–H groups in total. The van der Waals surface area contributed by atoms with Gasteiger partial charge in [-0.25, -0.2) is 0 Å². The van der Waals surface area contributed by atoms with Gasteiger partial charge in [0, 0.05) is 41.2 Å². The predicted octanol–water partition coefficient (Wildman–Crippen LogP) is 4.58. The number of hydrogen-bond donors (Lipinski definition) is 0. The highest BCUT2D eigenvalue weighted by Gasteiger charge is 2.33. The predicted molar refractivity (Wildman–Crippen MR) is 96.9 cm³/mol. The van der Waals surface area contributed by atoms with Crippen LogP contribution >= 0.6 is 22.9 Å². The zero-order valence-corrected chi connectivity index (χ0v) is 15.1. The Hall–Kier alpha value is -1.03. The van der Waals surface area contributed by atoms with Gasteiger partial charge in [-0.2, -0.15) is 0 Å². The average Bonchev–Trinajstić information content (AvgIpc) is 2.99. The number of benzene rings is 1. The summed E-state index contributed by atoms with van der Waals surface area (Å²) in [5.74, 6) is 1.74. The van der Waals surface area contributed by atoms with Gasteiger partial charge >= 0.3 is 0 Å². The van der Waals surface area contributed by atoms with Gasteiger partial charge in [0.2, 0.25) is 0 Å². The van der Waals surface area contributed by atoms with Gasteiger partial charge in [-0.1, -0.05) is 6.07 Å². The van der Waals surface area contributed by atoms with Crippen molar-refractivity contribution in [3.05, 3.63) is 50.7 Å². The Morgan fingerprint density at radius 3 is 3.04 bits per heavy atom. The molecule has 0 saturated heterocycles. The number of fused-ring (bicyclic) bond motifs is 4. The van der Waals surface area contributed by atoms with Crippen LogP contribution in [0.1, 0.15) is 38.9 Å². The maximum atomic E-state index is 5.84. The molecule has 1 aromatic carbocycles. The van der Waals surface area contributed by atoms with Crippen molar-refractivity contribution in [1.82, 2.24) is 4.90 Å². The van der Waals surface area contributed by atoms with Crippen LogP contribution in [0.5, 0.6) is 5.75 Å². The molecule has 2 aliphatic rings. The minimum absolute atomic E-state index is 0.539. The lowest BCUT2D eigenvalue weighted by Gasteiger charge is -2.40. The largest absolute Gasteiger partial charge is 0.497 e. The molecule has 0 saturated carbocycles. The van der Waals surface area contributed by atoms with E-state index in [1.807, 2.05) is 11.3 Å². The van der Waals surface area contributed by atoms with Crippen molar-refractivity contribution in [2.45, 2.75) is 38.3 Å². The second-order valence-electron chi connectivity index (χ2n) is 6.46. The van der Waals surface area contributed by atoms with E-state index in [1.165, 1.54) is 16.0 Å². The fraction of sp³-hybridized carbons (Fsp3) is 0.474. The molecule has 0 fully saturated rings. The van der Waals surface area contributed by atoms with E-state index in [9.17, 15) is 0 Å². The Labute approximate surface area is 147 Å². The number of rotatable bonds is 4. The number of thiophene rings is 1. The van der Waals surface area contributed by atoms with Crippen LogP contribution in [-0.4, -0.2) is 24.4 Å². The first kappa shape index (κ1) is 15.5. The highest BCUT2D eigenvalue weighted by atomic mass is 35.5. The van der Waals surface area contributed by atoms with E-state index in [-0.39, 0.29) is 0 Å². The normalized spacial score (nSPS) is 19.8. The molecule has 4 heteroatoms. The summed E-state index contributed by atoms with van der Waals surface area (Å²) in [6, 6.07) is 9.57. The van der Waals surface area contributed by atoms with Crippen LogP contribution in [0.25, 0.3) is 0 Å². The fourth-order valence-corrected chi connectivity index (χ4v) is 5.28. The first-order chi connectivity index (χ1) is 11.3. The molecule has 0 bridgehead atoms. The number of hydrogen-bond acceptors (Lipinski definition) is 3. The molecular weight excluding hydrogens is 326 g/mol. The minimum atomic E-state index is 0.539. The number of alkyl halides is 1. The number of aryl methyl sites for hydroxylation is 1. The van der Waals surface area contributed by atoms with Gasteiger partial charge in [0.05, 0.1) is 7.11 Å². The van der Waals surface area contributed by atoms with Crippen molar-refractivity contribution in [3.8, 4) is 5.75 Å². The quantitative estimate of drug-likeness (QED) is 0.750. The van der Waals surface area contributed by atoms with Crippen LogP contribution < -0.4 is 4.74 Å². The lowest BCUT2D eigenvalue weighted by Crippen LogP contribution is -2.38. The summed E-state index contributed by atoms with van der Waals surface area (Å²) >= 11 is 7.85. The van der Waals surface area contributed by atoms with Gasteiger partial charge in [-0.3, -0.25) is 4.90 Å². The molecule has 0 amide bonds. The molecule has 2 aliphatic heterocycles. The molecule has 0 spiro atoms. The van der Waals surface area contributed by atoms with E-state index < -0.39 is 0 Å². The van der Waals surface area contributed by atoms with Crippen LogP contribution in [0.3, 0.4) is 0 Å². The van der Waals surface area contributed by atoms with Crippen molar-refractivity contribution < 1.29 is 4.74 Å². The monoisotopic (exact) mass is 347 g/mol. The Kier molecular flexibility index (Phi) is 4.35. The molecule has 1 aromatic heterocycles. The van der Waals surface area contributed by atoms with Crippen molar-refractivity contribution >= 4 is 22.9 Å². The number of halogens is 1. The Morgan fingerprint density at radius 1 is 1.30 bits per heavy atom. The second kappa shape index (κ2) is 6.46. The molecule has 1 atom stereocenters. The van der Waals surface area contributed by atoms with Crippen LogP contribution in [0, 0.1) is 0 Å². The van der Waals surface area contributed by atoms with Gasteiger partial charge < -0.3 is 4.74 Å². The zero-order valence-electron chi connectivity index (χ0n) is 13.5. The van der Waals surface area contributed by atoms with Gasteiger partial charge in [0.25, 0.3) is 0 Å². The summed E-state index contributed by atoms with van der Waals surface area (Å²) in [4.78, 5) is 5.74. The third-order valence-corrected chi connectivity index (χ3v) is 6.60. The molecule has 2 aromatic rings. The molecule has 0 radical (unpaired) electrons. The van der Waals surface area contributed by atoms with Gasteiger partial charge in [0.1, 0.15) is 5.75 Å². The Bertz CT molecular complexity index is 711. The van der Waals surface area contributed by atoms with Crippen molar-refractivity contribution in [1.29, 1.82) is 0 Å². The Balaban J connectivity index is 1.61.